The molecule has 1 fully saturated rings. The monoisotopic (exact) mass is 284 g/mol. The number of rotatable bonds is 1. The van der Waals surface area contributed by atoms with Gasteiger partial charge in [0, 0.05) is 5.33 Å². The topological polar surface area (TPSA) is 43.4 Å². The fourth-order valence-electron chi connectivity index (χ4n) is 0.798. The third-order valence-electron chi connectivity index (χ3n) is 1.77. The first-order valence-electron chi connectivity index (χ1n) is 3.03. The van der Waals surface area contributed by atoms with Gasteiger partial charge in [-0.15, -0.1) is 0 Å². The van der Waals surface area contributed by atoms with Crippen molar-refractivity contribution in [3.8, 4) is 0 Å². The minimum Gasteiger partial charge on any atom is -0.392 e. The molecule has 0 aromatic carbocycles. The van der Waals surface area contributed by atoms with Crippen LogP contribution in [0, 0.1) is 5.92 Å². The number of carbonyl (C=O) groups is 2. The third kappa shape index (κ3) is 1.24. The number of hydrogen-bond donors (Lipinski definition) is 0. The molecule has 0 aliphatic carbocycles. The molecule has 62 valence electrons. The van der Waals surface area contributed by atoms with Crippen molar-refractivity contribution in [1.82, 2.24) is 0 Å². The summed E-state index contributed by atoms with van der Waals surface area (Å²) in [6.07, 6.45) is 0. The Balaban J connectivity index is 2.96. The fraction of sp³-hybridized carbons (Fsp3) is 0.667. The van der Waals surface area contributed by atoms with Gasteiger partial charge in [0.25, 0.3) is 0 Å². The summed E-state index contributed by atoms with van der Waals surface area (Å²) in [4.78, 5) is 21.9. The first kappa shape index (κ1) is 9.19. The van der Waals surface area contributed by atoms with Crippen molar-refractivity contribution >= 4 is 43.8 Å². The Morgan fingerprint density at radius 3 is 2.36 bits per heavy atom. The summed E-state index contributed by atoms with van der Waals surface area (Å²) in [5.41, 5.74) is 0. The van der Waals surface area contributed by atoms with Gasteiger partial charge >= 0.3 is 11.9 Å². The summed E-state index contributed by atoms with van der Waals surface area (Å²) < 4.78 is 3.57. The lowest BCUT2D eigenvalue weighted by molar-refractivity contribution is -0.153. The summed E-state index contributed by atoms with van der Waals surface area (Å²) >= 11 is 6.31. The van der Waals surface area contributed by atoms with E-state index in [-0.39, 0.29) is 0 Å². The SMILES string of the molecule is CC1C(=O)OC(=O)C1(Br)CBr. The molecular formula is C6H6Br2O3. The lowest BCUT2D eigenvalue weighted by Crippen LogP contribution is -2.35. The second-order valence-electron chi connectivity index (χ2n) is 2.43. The number of alkyl halides is 2. The smallest absolute Gasteiger partial charge is 0.332 e. The molecule has 0 bridgehead atoms. The van der Waals surface area contributed by atoms with Crippen LogP contribution in [0.4, 0.5) is 0 Å². The summed E-state index contributed by atoms with van der Waals surface area (Å²) in [6, 6.07) is 0. The van der Waals surface area contributed by atoms with E-state index in [1.807, 2.05) is 0 Å². The first-order valence-corrected chi connectivity index (χ1v) is 4.95. The van der Waals surface area contributed by atoms with Gasteiger partial charge < -0.3 is 4.74 Å². The Morgan fingerprint density at radius 1 is 1.64 bits per heavy atom. The minimum absolute atomic E-state index is 0.381. The lowest BCUT2D eigenvalue weighted by atomic mass is 9.99. The first-order chi connectivity index (χ1) is 5.02. The largest absolute Gasteiger partial charge is 0.392 e. The van der Waals surface area contributed by atoms with Gasteiger partial charge in [0.15, 0.2) is 0 Å². The Bertz CT molecular complexity index is 216. The molecular weight excluding hydrogens is 280 g/mol. The average Bonchev–Trinajstić information content (AvgIpc) is 2.16. The van der Waals surface area contributed by atoms with E-state index in [1.54, 1.807) is 6.92 Å². The highest BCUT2D eigenvalue weighted by Gasteiger charge is 2.53. The molecule has 0 amide bonds. The van der Waals surface area contributed by atoms with Crippen molar-refractivity contribution in [2.75, 3.05) is 5.33 Å². The summed E-state index contributed by atoms with van der Waals surface area (Å²) in [7, 11) is 0. The summed E-state index contributed by atoms with van der Waals surface area (Å²) in [5, 5.41) is 0.381. The summed E-state index contributed by atoms with van der Waals surface area (Å²) in [5.74, 6) is -1.40. The van der Waals surface area contributed by atoms with Gasteiger partial charge in [0.05, 0.1) is 5.92 Å². The zero-order valence-electron chi connectivity index (χ0n) is 5.77. The van der Waals surface area contributed by atoms with Gasteiger partial charge in [0.2, 0.25) is 0 Å². The lowest BCUT2D eigenvalue weighted by Gasteiger charge is -2.15. The molecule has 1 rings (SSSR count). The Labute approximate surface area is 80.7 Å². The second-order valence-corrected chi connectivity index (χ2v) is 4.40. The number of ether oxygens (including phenoxy) is 1. The molecule has 1 aliphatic heterocycles. The van der Waals surface area contributed by atoms with Crippen LogP contribution < -0.4 is 0 Å². The number of cyclic esters (lactones) is 2. The molecule has 0 N–H and O–H groups in total. The van der Waals surface area contributed by atoms with Gasteiger partial charge in [-0.25, -0.2) is 4.79 Å². The van der Waals surface area contributed by atoms with Crippen LogP contribution in [-0.2, 0) is 14.3 Å². The van der Waals surface area contributed by atoms with E-state index >= 15 is 0 Å². The van der Waals surface area contributed by atoms with E-state index in [0.717, 1.165) is 0 Å². The molecule has 1 heterocycles. The van der Waals surface area contributed by atoms with E-state index in [1.165, 1.54) is 0 Å². The molecule has 0 radical (unpaired) electrons. The predicted octanol–water partition coefficient (Wildman–Crippen LogP) is 1.23. The summed E-state index contributed by atoms with van der Waals surface area (Å²) in [6.45, 7) is 1.66. The van der Waals surface area contributed by atoms with Crippen molar-refractivity contribution in [3.63, 3.8) is 0 Å². The Hall–Kier alpha value is 0.1000. The molecule has 0 saturated carbocycles. The van der Waals surface area contributed by atoms with E-state index in [2.05, 4.69) is 36.6 Å². The van der Waals surface area contributed by atoms with Gasteiger partial charge in [0.1, 0.15) is 4.32 Å². The second kappa shape index (κ2) is 2.86. The van der Waals surface area contributed by atoms with Gasteiger partial charge in [-0.05, 0) is 6.92 Å². The third-order valence-corrected chi connectivity index (χ3v) is 4.69. The fourth-order valence-corrected chi connectivity index (χ4v) is 1.78. The number of hydrogen-bond acceptors (Lipinski definition) is 3. The van der Waals surface area contributed by atoms with Crippen LogP contribution in [0.15, 0.2) is 0 Å². The zero-order chi connectivity index (χ0) is 8.65. The Morgan fingerprint density at radius 2 is 2.18 bits per heavy atom. The highest BCUT2D eigenvalue weighted by atomic mass is 79.9. The van der Waals surface area contributed by atoms with Crippen LogP contribution in [0.3, 0.4) is 0 Å². The molecule has 0 aromatic heterocycles. The van der Waals surface area contributed by atoms with Crippen LogP contribution >= 0.6 is 31.9 Å². The van der Waals surface area contributed by atoms with Crippen molar-refractivity contribution in [1.29, 1.82) is 0 Å². The van der Waals surface area contributed by atoms with Gasteiger partial charge in [-0.2, -0.15) is 0 Å². The number of carbonyl (C=O) groups excluding carboxylic acids is 2. The average molecular weight is 286 g/mol. The quantitative estimate of drug-likeness (QED) is 0.414. The minimum atomic E-state index is -0.857. The van der Waals surface area contributed by atoms with Crippen LogP contribution in [0.1, 0.15) is 6.92 Å². The van der Waals surface area contributed by atoms with Gasteiger partial charge in [-0.1, -0.05) is 31.9 Å². The van der Waals surface area contributed by atoms with Crippen molar-refractivity contribution in [3.05, 3.63) is 0 Å². The molecule has 1 saturated heterocycles. The molecule has 2 atom stereocenters. The van der Waals surface area contributed by atoms with E-state index in [9.17, 15) is 9.59 Å². The zero-order valence-corrected chi connectivity index (χ0v) is 8.94. The molecule has 5 heteroatoms. The number of halogens is 2. The molecule has 2 unspecified atom stereocenters. The normalized spacial score (nSPS) is 37.5. The van der Waals surface area contributed by atoms with E-state index < -0.39 is 22.2 Å². The molecule has 1 aliphatic rings. The van der Waals surface area contributed by atoms with Crippen molar-refractivity contribution in [2.45, 2.75) is 11.2 Å². The highest BCUT2D eigenvalue weighted by molar-refractivity contribution is 9.12. The molecule has 0 spiro atoms. The van der Waals surface area contributed by atoms with Crippen LogP contribution in [-0.4, -0.2) is 21.6 Å². The molecule has 11 heavy (non-hydrogen) atoms. The predicted molar refractivity (Wildman–Crippen MR) is 45.7 cm³/mol. The van der Waals surface area contributed by atoms with Crippen molar-refractivity contribution in [2.24, 2.45) is 5.92 Å². The van der Waals surface area contributed by atoms with Crippen molar-refractivity contribution < 1.29 is 14.3 Å². The van der Waals surface area contributed by atoms with Crippen LogP contribution in [0.25, 0.3) is 0 Å². The maximum Gasteiger partial charge on any atom is 0.332 e. The number of esters is 2. The maximum atomic E-state index is 11.0. The van der Waals surface area contributed by atoms with E-state index in [4.69, 9.17) is 0 Å². The molecule has 0 aromatic rings. The van der Waals surface area contributed by atoms with Crippen LogP contribution in [0.2, 0.25) is 0 Å². The van der Waals surface area contributed by atoms with Gasteiger partial charge in [-0.3, -0.25) is 4.79 Å². The van der Waals surface area contributed by atoms with Crippen LogP contribution in [0.5, 0.6) is 0 Å². The van der Waals surface area contributed by atoms with E-state index in [0.29, 0.717) is 5.33 Å². The highest BCUT2D eigenvalue weighted by Crippen LogP contribution is 2.37. The molecule has 3 nitrogen and oxygen atoms in total. The Kier molecular flexibility index (Phi) is 2.39. The standard InChI is InChI=1S/C6H6Br2O3/c1-3-4(9)11-5(10)6(3,8)2-7/h3H,2H2,1H3. The maximum absolute atomic E-state index is 11.0.